The number of morpholine rings is 1. The number of nitrogens with zero attached hydrogens (tertiary/aromatic N) is 3. The minimum Gasteiger partial charge on any atom is -0.378 e. The summed E-state index contributed by atoms with van der Waals surface area (Å²) >= 11 is 1.74. The summed E-state index contributed by atoms with van der Waals surface area (Å²) in [6.45, 7) is 7.04. The van der Waals surface area contributed by atoms with Crippen LogP contribution in [-0.2, 0) is 11.3 Å². The molecule has 148 valence electrons. The zero-order valence-corrected chi connectivity index (χ0v) is 19.0. The van der Waals surface area contributed by atoms with Crippen molar-refractivity contribution in [2.75, 3.05) is 44.8 Å². The molecule has 6 nitrogen and oxygen atoms in total. The van der Waals surface area contributed by atoms with Gasteiger partial charge in [0.2, 0.25) is 0 Å². The predicted octanol–water partition coefficient (Wildman–Crippen LogP) is 3.07. The Hall–Kier alpha value is -1.39. The smallest absolute Gasteiger partial charge is 0.191 e. The number of hydrogen-bond donors (Lipinski definition) is 2. The quantitative estimate of drug-likeness (QED) is 0.362. The number of ether oxygens (including phenoxy) is 1. The molecular weight excluding hydrogens is 473 g/mol. The van der Waals surface area contributed by atoms with Crippen molar-refractivity contribution in [2.45, 2.75) is 19.4 Å². The Labute approximate surface area is 182 Å². The van der Waals surface area contributed by atoms with E-state index in [0.29, 0.717) is 12.5 Å². The Morgan fingerprint density at radius 2 is 2.15 bits per heavy atom. The molecule has 2 aromatic heterocycles. The number of hydrogen-bond acceptors (Lipinski definition) is 5. The van der Waals surface area contributed by atoms with Gasteiger partial charge in [0.1, 0.15) is 5.82 Å². The van der Waals surface area contributed by atoms with Crippen LogP contribution >= 0.6 is 35.3 Å². The summed E-state index contributed by atoms with van der Waals surface area (Å²) in [5.74, 6) is 2.29. The van der Waals surface area contributed by atoms with Crippen molar-refractivity contribution < 1.29 is 4.74 Å². The molecule has 2 N–H and O–H groups in total. The van der Waals surface area contributed by atoms with Gasteiger partial charge in [-0.1, -0.05) is 13.0 Å². The standard InChI is InChI=1S/C19H27N5OS.HI/c1-15(17-5-11-26-14-17)12-22-19(20-2)23-13-16-4-3-6-21-18(16)24-7-9-25-10-8-24;/h3-6,11,14-15H,7-10,12-13H2,1-2H3,(H2,20,22,23);1H. The van der Waals surface area contributed by atoms with Crippen LogP contribution in [0.5, 0.6) is 0 Å². The second kappa shape index (κ2) is 11.5. The number of rotatable bonds is 6. The lowest BCUT2D eigenvalue weighted by Crippen LogP contribution is -2.40. The van der Waals surface area contributed by atoms with E-state index in [1.54, 1.807) is 18.4 Å². The van der Waals surface area contributed by atoms with E-state index >= 15 is 0 Å². The first-order valence-electron chi connectivity index (χ1n) is 9.01. The van der Waals surface area contributed by atoms with Gasteiger partial charge in [-0.3, -0.25) is 4.99 Å². The van der Waals surface area contributed by atoms with Gasteiger partial charge in [0.05, 0.1) is 13.2 Å². The van der Waals surface area contributed by atoms with Gasteiger partial charge in [0, 0.05) is 45.0 Å². The second-order valence-electron chi connectivity index (χ2n) is 6.35. The summed E-state index contributed by atoms with van der Waals surface area (Å²) < 4.78 is 5.45. The molecular formula is C19H28IN5OS. The molecule has 1 fully saturated rings. The molecule has 0 amide bonds. The highest BCUT2D eigenvalue weighted by molar-refractivity contribution is 14.0. The van der Waals surface area contributed by atoms with Crippen molar-refractivity contribution in [3.63, 3.8) is 0 Å². The minimum absolute atomic E-state index is 0. The van der Waals surface area contributed by atoms with Gasteiger partial charge in [-0.15, -0.1) is 24.0 Å². The fourth-order valence-electron chi connectivity index (χ4n) is 2.95. The van der Waals surface area contributed by atoms with E-state index < -0.39 is 0 Å². The molecule has 27 heavy (non-hydrogen) atoms. The number of aromatic nitrogens is 1. The van der Waals surface area contributed by atoms with Gasteiger partial charge in [-0.2, -0.15) is 11.3 Å². The lowest BCUT2D eigenvalue weighted by molar-refractivity contribution is 0.122. The van der Waals surface area contributed by atoms with E-state index in [9.17, 15) is 0 Å². The first-order valence-corrected chi connectivity index (χ1v) is 9.95. The maximum Gasteiger partial charge on any atom is 0.191 e. The molecule has 1 aliphatic rings. The Morgan fingerprint density at radius 3 is 2.85 bits per heavy atom. The van der Waals surface area contributed by atoms with Crippen molar-refractivity contribution >= 4 is 47.1 Å². The van der Waals surface area contributed by atoms with Gasteiger partial charge >= 0.3 is 0 Å². The number of guanidine groups is 1. The molecule has 1 saturated heterocycles. The highest BCUT2D eigenvalue weighted by Gasteiger charge is 2.16. The van der Waals surface area contributed by atoms with Crippen LogP contribution < -0.4 is 15.5 Å². The normalized spacial score (nSPS) is 15.8. The summed E-state index contributed by atoms with van der Waals surface area (Å²) in [6.07, 6.45) is 1.85. The van der Waals surface area contributed by atoms with E-state index in [2.05, 4.69) is 55.3 Å². The Morgan fingerprint density at radius 1 is 1.33 bits per heavy atom. The summed E-state index contributed by atoms with van der Waals surface area (Å²) in [4.78, 5) is 11.2. The first kappa shape index (κ1) is 21.9. The zero-order chi connectivity index (χ0) is 18.2. The molecule has 0 aliphatic carbocycles. The van der Waals surface area contributed by atoms with Gasteiger partial charge in [0.25, 0.3) is 0 Å². The molecule has 0 spiro atoms. The molecule has 0 radical (unpaired) electrons. The van der Waals surface area contributed by atoms with E-state index in [1.165, 1.54) is 11.1 Å². The summed E-state index contributed by atoms with van der Waals surface area (Å²) in [6, 6.07) is 6.28. The van der Waals surface area contributed by atoms with Crippen LogP contribution in [0.2, 0.25) is 0 Å². The molecule has 3 heterocycles. The predicted molar refractivity (Wildman–Crippen MR) is 124 cm³/mol. The van der Waals surface area contributed by atoms with Crippen molar-refractivity contribution in [2.24, 2.45) is 4.99 Å². The molecule has 1 unspecified atom stereocenters. The van der Waals surface area contributed by atoms with Crippen LogP contribution in [0.4, 0.5) is 5.82 Å². The van der Waals surface area contributed by atoms with Crippen molar-refractivity contribution in [1.29, 1.82) is 0 Å². The second-order valence-corrected chi connectivity index (χ2v) is 7.13. The number of pyridine rings is 1. The van der Waals surface area contributed by atoms with E-state index in [-0.39, 0.29) is 24.0 Å². The van der Waals surface area contributed by atoms with Crippen molar-refractivity contribution in [3.8, 4) is 0 Å². The highest BCUT2D eigenvalue weighted by Crippen LogP contribution is 2.19. The van der Waals surface area contributed by atoms with E-state index in [4.69, 9.17) is 4.74 Å². The topological polar surface area (TPSA) is 61.8 Å². The van der Waals surface area contributed by atoms with Crippen LogP contribution in [0.25, 0.3) is 0 Å². The van der Waals surface area contributed by atoms with Gasteiger partial charge in [-0.05, 0) is 34.4 Å². The minimum atomic E-state index is 0. The first-order chi connectivity index (χ1) is 12.8. The Bertz CT molecular complexity index is 704. The molecule has 8 heteroatoms. The fraction of sp³-hybridized carbons (Fsp3) is 0.474. The van der Waals surface area contributed by atoms with Crippen LogP contribution in [0.1, 0.15) is 24.0 Å². The molecule has 3 rings (SSSR count). The molecule has 0 saturated carbocycles. The number of nitrogens with one attached hydrogen (secondary N) is 2. The third kappa shape index (κ3) is 6.32. The third-order valence-corrected chi connectivity index (χ3v) is 5.24. The van der Waals surface area contributed by atoms with Gasteiger partial charge in [-0.25, -0.2) is 4.98 Å². The number of anilines is 1. The highest BCUT2D eigenvalue weighted by atomic mass is 127. The van der Waals surface area contributed by atoms with Gasteiger partial charge in [0.15, 0.2) is 5.96 Å². The number of thiophene rings is 1. The number of aliphatic imine (C=N–C) groups is 1. The lowest BCUT2D eigenvalue weighted by Gasteiger charge is -2.29. The maximum absolute atomic E-state index is 5.45. The monoisotopic (exact) mass is 501 g/mol. The van der Waals surface area contributed by atoms with E-state index in [0.717, 1.165) is 44.6 Å². The summed E-state index contributed by atoms with van der Waals surface area (Å²) in [5.41, 5.74) is 2.53. The molecule has 1 atom stereocenters. The molecule has 1 aliphatic heterocycles. The molecule has 2 aromatic rings. The van der Waals surface area contributed by atoms with Crippen LogP contribution in [0.3, 0.4) is 0 Å². The molecule has 0 aromatic carbocycles. The van der Waals surface area contributed by atoms with Crippen molar-refractivity contribution in [1.82, 2.24) is 15.6 Å². The van der Waals surface area contributed by atoms with E-state index in [1.807, 2.05) is 12.3 Å². The summed E-state index contributed by atoms with van der Waals surface area (Å²) in [7, 11) is 1.80. The Kier molecular flexibility index (Phi) is 9.29. The summed E-state index contributed by atoms with van der Waals surface area (Å²) in [5, 5.41) is 11.1. The molecule has 0 bridgehead atoms. The average Bonchev–Trinajstić information content (AvgIpc) is 3.24. The SMILES string of the molecule is CN=C(NCc1cccnc1N1CCOCC1)NCC(C)c1ccsc1.I. The largest absolute Gasteiger partial charge is 0.378 e. The third-order valence-electron chi connectivity index (χ3n) is 4.54. The van der Waals surface area contributed by atoms with Crippen LogP contribution in [0.15, 0.2) is 40.1 Å². The van der Waals surface area contributed by atoms with Gasteiger partial charge < -0.3 is 20.3 Å². The van der Waals surface area contributed by atoms with Crippen molar-refractivity contribution in [3.05, 3.63) is 46.3 Å². The fourth-order valence-corrected chi connectivity index (χ4v) is 3.73. The van der Waals surface area contributed by atoms with Crippen LogP contribution in [-0.4, -0.2) is 50.8 Å². The maximum atomic E-state index is 5.45. The number of halogens is 1. The Balaban J connectivity index is 0.00000261. The zero-order valence-electron chi connectivity index (χ0n) is 15.9. The lowest BCUT2D eigenvalue weighted by atomic mass is 10.1. The average molecular weight is 501 g/mol. The van der Waals surface area contributed by atoms with Crippen LogP contribution in [0, 0.1) is 0 Å².